The van der Waals surface area contributed by atoms with Crippen molar-refractivity contribution in [1.29, 1.82) is 0 Å². The number of hydrogen-bond donors (Lipinski definition) is 2. The summed E-state index contributed by atoms with van der Waals surface area (Å²) in [6, 6.07) is 2.86. The lowest BCUT2D eigenvalue weighted by Gasteiger charge is -2.57. The van der Waals surface area contributed by atoms with Crippen LogP contribution >= 0.6 is 0 Å². The second kappa shape index (κ2) is 9.69. The first-order valence-corrected chi connectivity index (χ1v) is 12.6. The van der Waals surface area contributed by atoms with Crippen molar-refractivity contribution in [1.82, 2.24) is 20.1 Å². The highest BCUT2D eigenvalue weighted by atomic mass is 16.3. The number of anilines is 1. The van der Waals surface area contributed by atoms with Crippen molar-refractivity contribution in [2.45, 2.75) is 76.3 Å². The number of amides is 1. The first-order chi connectivity index (χ1) is 16.2. The molecule has 6 rings (SSSR count). The molecule has 8 heteroatoms. The number of nitrogens with one attached hydrogen (secondary N) is 1. The number of H-pyrrole nitrogens is 1. The number of rotatable bonds is 3. The summed E-state index contributed by atoms with van der Waals surface area (Å²) < 4.78 is 0. The van der Waals surface area contributed by atoms with Gasteiger partial charge in [-0.25, -0.2) is 4.98 Å². The van der Waals surface area contributed by atoms with E-state index in [4.69, 9.17) is 14.9 Å². The van der Waals surface area contributed by atoms with E-state index in [1.165, 1.54) is 51.4 Å². The van der Waals surface area contributed by atoms with E-state index in [1.807, 2.05) is 18.5 Å². The summed E-state index contributed by atoms with van der Waals surface area (Å²) in [6.45, 7) is 1.78. The molecule has 2 aromatic rings. The van der Waals surface area contributed by atoms with Crippen molar-refractivity contribution in [3.05, 3.63) is 18.5 Å². The molecule has 2 N–H and O–H groups in total. The predicted molar refractivity (Wildman–Crippen MR) is 126 cm³/mol. The standard InChI is InChI=1S/C24H33N5O.CH2O2/c30-23-8-4-7-21-17-12-18(22(29(21)23)11-16-5-2-1-3-6-16)15-28(14-17)24-19-13-26-27-20(19)9-10-25-24;2-1-3/h9-10,13,16-18,21-22H,1-8,11-12,14-15H2,(H,26,27);1H,(H,2,3)/t17-,18+,21+,22+;/m1./s1. The van der Waals surface area contributed by atoms with E-state index in [-0.39, 0.29) is 6.47 Å². The molecule has 4 atom stereocenters. The summed E-state index contributed by atoms with van der Waals surface area (Å²) in [4.78, 5) is 31.1. The Morgan fingerprint density at radius 2 is 1.91 bits per heavy atom. The summed E-state index contributed by atoms with van der Waals surface area (Å²) >= 11 is 0. The molecular formula is C25H35N5O3. The molecule has 2 aromatic heterocycles. The Kier molecular flexibility index (Phi) is 6.51. The lowest BCUT2D eigenvalue weighted by molar-refractivity contribution is -0.149. The molecule has 178 valence electrons. The highest BCUT2D eigenvalue weighted by molar-refractivity contribution is 5.89. The second-order valence-corrected chi connectivity index (χ2v) is 10.3. The lowest BCUT2D eigenvalue weighted by atomic mass is 9.69. The first kappa shape index (κ1) is 22.2. The zero-order chi connectivity index (χ0) is 22.8. The number of piperidine rings is 3. The molecule has 4 fully saturated rings. The SMILES string of the molecule is O=C1CCC[C@H]2[C@@H]3C[C@@H](CN(c4nccc5[nH]ncc45)C3)[C@H](CC3CCCCC3)N12.O=CO. The van der Waals surface area contributed by atoms with E-state index >= 15 is 0 Å². The van der Waals surface area contributed by atoms with Crippen molar-refractivity contribution < 1.29 is 14.7 Å². The highest BCUT2D eigenvalue weighted by Gasteiger charge is 2.50. The molecule has 0 aromatic carbocycles. The van der Waals surface area contributed by atoms with Gasteiger partial charge in [0.2, 0.25) is 5.91 Å². The quantitative estimate of drug-likeness (QED) is 0.685. The van der Waals surface area contributed by atoms with Crippen LogP contribution in [-0.4, -0.2) is 62.7 Å². The van der Waals surface area contributed by atoms with Crippen LogP contribution in [0, 0.1) is 17.8 Å². The Hall–Kier alpha value is -2.64. The molecule has 8 nitrogen and oxygen atoms in total. The van der Waals surface area contributed by atoms with Crippen LogP contribution in [0.25, 0.3) is 10.9 Å². The summed E-state index contributed by atoms with van der Waals surface area (Å²) in [7, 11) is 0. The normalized spacial score (nSPS) is 29.9. The zero-order valence-electron chi connectivity index (χ0n) is 19.2. The number of nitrogens with zero attached hydrogens (tertiary/aromatic N) is 4. The van der Waals surface area contributed by atoms with E-state index in [2.05, 4.69) is 20.0 Å². The number of aromatic amines is 1. The molecule has 4 aliphatic rings. The monoisotopic (exact) mass is 453 g/mol. The number of pyridine rings is 1. The number of carbonyl (C=O) groups is 2. The van der Waals surface area contributed by atoms with E-state index in [1.54, 1.807) is 0 Å². The Morgan fingerprint density at radius 1 is 1.12 bits per heavy atom. The van der Waals surface area contributed by atoms with Gasteiger partial charge in [-0.15, -0.1) is 0 Å². The molecule has 1 amide bonds. The van der Waals surface area contributed by atoms with Crippen molar-refractivity contribution in [3.8, 4) is 0 Å². The van der Waals surface area contributed by atoms with Crippen molar-refractivity contribution in [3.63, 3.8) is 0 Å². The number of carbonyl (C=O) groups excluding carboxylic acids is 1. The van der Waals surface area contributed by atoms with Gasteiger partial charge in [0, 0.05) is 37.8 Å². The van der Waals surface area contributed by atoms with Crippen molar-refractivity contribution >= 4 is 29.1 Å². The van der Waals surface area contributed by atoms with Crippen LogP contribution in [0.2, 0.25) is 0 Å². The predicted octanol–water partition coefficient (Wildman–Crippen LogP) is 3.83. The van der Waals surface area contributed by atoms with Gasteiger partial charge in [0.15, 0.2) is 0 Å². The van der Waals surface area contributed by atoms with Crippen molar-refractivity contribution in [2.24, 2.45) is 17.8 Å². The summed E-state index contributed by atoms with van der Waals surface area (Å²) in [6.07, 6.45) is 16.2. The van der Waals surface area contributed by atoms with Crippen LogP contribution < -0.4 is 4.90 Å². The molecule has 2 bridgehead atoms. The fourth-order valence-corrected chi connectivity index (χ4v) is 7.12. The number of hydrogen-bond acceptors (Lipinski definition) is 5. The number of aromatic nitrogens is 3. The zero-order valence-corrected chi connectivity index (χ0v) is 19.2. The van der Waals surface area contributed by atoms with Crippen LogP contribution in [0.15, 0.2) is 18.5 Å². The van der Waals surface area contributed by atoms with Crippen LogP contribution in [0.3, 0.4) is 0 Å². The van der Waals surface area contributed by atoms with Gasteiger partial charge in [-0.3, -0.25) is 14.7 Å². The van der Waals surface area contributed by atoms with E-state index < -0.39 is 0 Å². The largest absolute Gasteiger partial charge is 0.483 e. The average molecular weight is 454 g/mol. The topological polar surface area (TPSA) is 102 Å². The minimum Gasteiger partial charge on any atom is -0.483 e. The summed E-state index contributed by atoms with van der Waals surface area (Å²) in [5.41, 5.74) is 1.06. The van der Waals surface area contributed by atoms with Gasteiger partial charge < -0.3 is 14.9 Å². The second-order valence-electron chi connectivity index (χ2n) is 10.3. The molecule has 0 radical (unpaired) electrons. The van der Waals surface area contributed by atoms with Crippen LogP contribution in [-0.2, 0) is 9.59 Å². The minimum absolute atomic E-state index is 0.250. The average Bonchev–Trinajstić information content (AvgIpc) is 3.32. The molecule has 3 aliphatic heterocycles. The van der Waals surface area contributed by atoms with Crippen LogP contribution in [0.1, 0.15) is 64.2 Å². The van der Waals surface area contributed by atoms with E-state index in [9.17, 15) is 4.79 Å². The van der Waals surface area contributed by atoms with Gasteiger partial charge in [-0.1, -0.05) is 32.1 Å². The van der Waals surface area contributed by atoms with Gasteiger partial charge in [0.1, 0.15) is 5.82 Å². The fourth-order valence-electron chi connectivity index (χ4n) is 7.12. The summed E-state index contributed by atoms with van der Waals surface area (Å²) in [5.74, 6) is 3.45. The summed E-state index contributed by atoms with van der Waals surface area (Å²) in [5, 5.41) is 15.4. The Labute approximate surface area is 194 Å². The van der Waals surface area contributed by atoms with Gasteiger partial charge in [-0.05, 0) is 49.5 Å². The maximum atomic E-state index is 13.1. The highest BCUT2D eigenvalue weighted by Crippen LogP contribution is 2.45. The number of fused-ring (bicyclic) bond motifs is 5. The van der Waals surface area contributed by atoms with E-state index in [0.29, 0.717) is 29.8 Å². The van der Waals surface area contributed by atoms with E-state index in [0.717, 1.165) is 48.6 Å². The maximum absolute atomic E-state index is 13.1. The molecule has 1 aliphatic carbocycles. The number of carboxylic acid groups (broad SMARTS) is 1. The Morgan fingerprint density at radius 3 is 2.73 bits per heavy atom. The molecule has 3 saturated heterocycles. The molecule has 0 spiro atoms. The molecular weight excluding hydrogens is 418 g/mol. The van der Waals surface area contributed by atoms with Gasteiger partial charge in [-0.2, -0.15) is 5.10 Å². The van der Waals surface area contributed by atoms with Gasteiger partial charge in [0.25, 0.3) is 6.47 Å². The third-order valence-corrected chi connectivity index (χ3v) is 8.44. The van der Waals surface area contributed by atoms with Crippen molar-refractivity contribution in [2.75, 3.05) is 18.0 Å². The molecule has 1 saturated carbocycles. The molecule has 0 unspecified atom stereocenters. The Balaban J connectivity index is 0.000000724. The third-order valence-electron chi connectivity index (χ3n) is 8.44. The first-order valence-electron chi connectivity index (χ1n) is 12.6. The third kappa shape index (κ3) is 4.32. The maximum Gasteiger partial charge on any atom is 0.290 e. The van der Waals surface area contributed by atoms with Crippen LogP contribution in [0.5, 0.6) is 0 Å². The lowest BCUT2D eigenvalue weighted by Crippen LogP contribution is -2.65. The van der Waals surface area contributed by atoms with Gasteiger partial charge >= 0.3 is 0 Å². The van der Waals surface area contributed by atoms with Crippen LogP contribution in [0.4, 0.5) is 5.82 Å². The molecule has 33 heavy (non-hydrogen) atoms. The molecule has 5 heterocycles. The van der Waals surface area contributed by atoms with Gasteiger partial charge in [0.05, 0.1) is 17.1 Å². The minimum atomic E-state index is -0.250. The fraction of sp³-hybridized carbons (Fsp3) is 0.680. The Bertz CT molecular complexity index is 972. The smallest absolute Gasteiger partial charge is 0.290 e.